The van der Waals surface area contributed by atoms with Crippen molar-refractivity contribution >= 4 is 11.6 Å². The van der Waals surface area contributed by atoms with Gasteiger partial charge in [0.1, 0.15) is 0 Å². The average Bonchev–Trinajstić information content (AvgIpc) is 2.22. The Bertz CT molecular complexity index is 432. The summed E-state index contributed by atoms with van der Waals surface area (Å²) >= 11 is 0. The van der Waals surface area contributed by atoms with E-state index in [4.69, 9.17) is 5.73 Å². The molecular formula is C13H18N2O. The molecule has 0 bridgehead atoms. The van der Waals surface area contributed by atoms with E-state index < -0.39 is 0 Å². The minimum atomic E-state index is -0.324. The second-order valence-corrected chi connectivity index (χ2v) is 5.02. The van der Waals surface area contributed by atoms with Crippen molar-refractivity contribution in [3.8, 4) is 0 Å². The quantitative estimate of drug-likeness (QED) is 0.781. The zero-order chi connectivity index (χ0) is 11.9. The lowest BCUT2D eigenvalue weighted by atomic mass is 9.91. The van der Waals surface area contributed by atoms with E-state index in [-0.39, 0.29) is 11.4 Å². The first-order chi connectivity index (χ1) is 7.39. The maximum atomic E-state index is 11.5. The van der Waals surface area contributed by atoms with Gasteiger partial charge in [0.05, 0.1) is 0 Å². The highest BCUT2D eigenvalue weighted by Gasteiger charge is 2.23. The number of amides is 1. The van der Waals surface area contributed by atoms with Gasteiger partial charge in [0.25, 0.3) is 0 Å². The van der Waals surface area contributed by atoms with Gasteiger partial charge in [0.2, 0.25) is 5.91 Å². The zero-order valence-corrected chi connectivity index (χ0v) is 10.1. The predicted molar refractivity (Wildman–Crippen MR) is 65.4 cm³/mol. The highest BCUT2D eigenvalue weighted by atomic mass is 16.2. The van der Waals surface area contributed by atoms with E-state index in [1.54, 1.807) is 4.90 Å². The number of hydrogen-bond donors (Lipinski definition) is 1. The van der Waals surface area contributed by atoms with Gasteiger partial charge < -0.3 is 10.6 Å². The number of nitrogens with two attached hydrogens (primary N) is 1. The fourth-order valence-electron chi connectivity index (χ4n) is 2.06. The van der Waals surface area contributed by atoms with Crippen LogP contribution in [-0.4, -0.2) is 13.0 Å². The number of fused-ring (bicyclic) bond motifs is 1. The number of rotatable bonds is 1. The van der Waals surface area contributed by atoms with Crippen LogP contribution in [0.4, 0.5) is 5.69 Å². The molecular weight excluding hydrogens is 200 g/mol. The summed E-state index contributed by atoms with van der Waals surface area (Å²) in [6, 6.07) is 6.13. The molecule has 3 nitrogen and oxygen atoms in total. The van der Waals surface area contributed by atoms with Crippen LogP contribution in [0.15, 0.2) is 18.2 Å². The molecule has 1 aromatic carbocycles. The molecule has 2 N–H and O–H groups in total. The van der Waals surface area contributed by atoms with Crippen LogP contribution < -0.4 is 10.6 Å². The van der Waals surface area contributed by atoms with Gasteiger partial charge in [-0.05, 0) is 37.5 Å². The molecule has 16 heavy (non-hydrogen) atoms. The lowest BCUT2D eigenvalue weighted by Crippen LogP contribution is -2.32. The minimum absolute atomic E-state index is 0.187. The number of anilines is 1. The van der Waals surface area contributed by atoms with E-state index in [1.807, 2.05) is 33.0 Å². The fourth-order valence-corrected chi connectivity index (χ4v) is 2.06. The number of carbonyl (C=O) groups is 1. The van der Waals surface area contributed by atoms with Gasteiger partial charge in [0.15, 0.2) is 0 Å². The monoisotopic (exact) mass is 218 g/mol. The number of aryl methyl sites for hydroxylation is 1. The van der Waals surface area contributed by atoms with Crippen molar-refractivity contribution in [2.75, 3.05) is 11.9 Å². The van der Waals surface area contributed by atoms with Crippen LogP contribution >= 0.6 is 0 Å². The predicted octanol–water partition coefficient (Wildman–Crippen LogP) is 1.79. The topological polar surface area (TPSA) is 46.3 Å². The van der Waals surface area contributed by atoms with E-state index in [1.165, 1.54) is 5.56 Å². The molecule has 0 unspecified atom stereocenters. The van der Waals surface area contributed by atoms with E-state index >= 15 is 0 Å². The first-order valence-electron chi connectivity index (χ1n) is 5.58. The van der Waals surface area contributed by atoms with Crippen LogP contribution in [0.3, 0.4) is 0 Å². The molecule has 2 rings (SSSR count). The lowest BCUT2D eigenvalue weighted by molar-refractivity contribution is -0.118. The third-order valence-electron chi connectivity index (χ3n) is 3.17. The fraction of sp³-hybridized carbons (Fsp3) is 0.462. The van der Waals surface area contributed by atoms with E-state index in [9.17, 15) is 4.79 Å². The van der Waals surface area contributed by atoms with Crippen LogP contribution in [-0.2, 0) is 16.8 Å². The van der Waals surface area contributed by atoms with Gasteiger partial charge in [-0.2, -0.15) is 0 Å². The van der Waals surface area contributed by atoms with Crippen molar-refractivity contribution in [3.63, 3.8) is 0 Å². The molecule has 1 aliphatic heterocycles. The number of hydrogen-bond acceptors (Lipinski definition) is 2. The molecule has 0 atom stereocenters. The second-order valence-electron chi connectivity index (χ2n) is 5.02. The normalized spacial score (nSPS) is 16.2. The Labute approximate surface area is 96.2 Å². The van der Waals surface area contributed by atoms with Crippen molar-refractivity contribution < 1.29 is 4.79 Å². The van der Waals surface area contributed by atoms with Gasteiger partial charge in [-0.3, -0.25) is 4.79 Å². The molecule has 0 aliphatic carbocycles. The Morgan fingerprint density at radius 1 is 1.31 bits per heavy atom. The highest BCUT2D eigenvalue weighted by Crippen LogP contribution is 2.30. The summed E-state index contributed by atoms with van der Waals surface area (Å²) in [7, 11) is 1.83. The Balaban J connectivity index is 2.45. The summed E-state index contributed by atoms with van der Waals surface area (Å²) in [6.07, 6.45) is 1.42. The van der Waals surface area contributed by atoms with Crippen LogP contribution in [0.5, 0.6) is 0 Å². The van der Waals surface area contributed by atoms with Gasteiger partial charge >= 0.3 is 0 Å². The third kappa shape index (κ3) is 1.83. The van der Waals surface area contributed by atoms with Crippen molar-refractivity contribution in [3.05, 3.63) is 29.3 Å². The molecule has 0 spiro atoms. The first-order valence-corrected chi connectivity index (χ1v) is 5.58. The SMILES string of the molecule is CN1C(=O)CCc2cc(C(C)(C)N)ccc21. The largest absolute Gasteiger partial charge is 0.322 e. The standard InChI is InChI=1S/C13H18N2O/c1-13(2,14)10-5-6-11-9(8-10)4-7-12(16)15(11)3/h5-6,8H,4,7,14H2,1-3H3. The summed E-state index contributed by atoms with van der Waals surface area (Å²) in [5.74, 6) is 0.187. The third-order valence-corrected chi connectivity index (χ3v) is 3.17. The number of carbonyl (C=O) groups excluding carboxylic acids is 1. The van der Waals surface area contributed by atoms with Gasteiger partial charge in [0, 0.05) is 24.7 Å². The molecule has 0 saturated heterocycles. The Morgan fingerprint density at radius 2 is 2.00 bits per heavy atom. The summed E-state index contributed by atoms with van der Waals surface area (Å²) in [5.41, 5.74) is 9.10. The number of benzene rings is 1. The maximum absolute atomic E-state index is 11.5. The lowest BCUT2D eigenvalue weighted by Gasteiger charge is -2.28. The van der Waals surface area contributed by atoms with Crippen molar-refractivity contribution in [1.29, 1.82) is 0 Å². The van der Waals surface area contributed by atoms with Crippen molar-refractivity contribution in [2.45, 2.75) is 32.2 Å². The minimum Gasteiger partial charge on any atom is -0.322 e. The molecule has 1 heterocycles. The van der Waals surface area contributed by atoms with E-state index in [0.717, 1.165) is 17.7 Å². The molecule has 0 fully saturated rings. The zero-order valence-electron chi connectivity index (χ0n) is 10.1. The van der Waals surface area contributed by atoms with E-state index in [2.05, 4.69) is 6.07 Å². The smallest absolute Gasteiger partial charge is 0.227 e. The summed E-state index contributed by atoms with van der Waals surface area (Å²) < 4.78 is 0. The molecule has 86 valence electrons. The average molecular weight is 218 g/mol. The van der Waals surface area contributed by atoms with E-state index in [0.29, 0.717) is 6.42 Å². The summed E-state index contributed by atoms with van der Waals surface area (Å²) in [5, 5.41) is 0. The van der Waals surface area contributed by atoms with Crippen molar-refractivity contribution in [2.24, 2.45) is 5.73 Å². The summed E-state index contributed by atoms with van der Waals surface area (Å²) in [6.45, 7) is 3.98. The Hall–Kier alpha value is -1.35. The Kier molecular flexibility index (Phi) is 2.50. The van der Waals surface area contributed by atoms with Crippen LogP contribution in [0, 0.1) is 0 Å². The van der Waals surface area contributed by atoms with Crippen LogP contribution in [0.25, 0.3) is 0 Å². The van der Waals surface area contributed by atoms with Gasteiger partial charge in [-0.15, -0.1) is 0 Å². The first kappa shape index (κ1) is 11.1. The summed E-state index contributed by atoms with van der Waals surface area (Å²) in [4.78, 5) is 13.3. The number of nitrogens with zero attached hydrogens (tertiary/aromatic N) is 1. The molecule has 0 radical (unpaired) electrons. The Morgan fingerprint density at radius 3 is 2.62 bits per heavy atom. The highest BCUT2D eigenvalue weighted by molar-refractivity contribution is 5.95. The van der Waals surface area contributed by atoms with Crippen LogP contribution in [0.1, 0.15) is 31.4 Å². The molecule has 1 aliphatic rings. The molecule has 1 aromatic rings. The van der Waals surface area contributed by atoms with Gasteiger partial charge in [-0.1, -0.05) is 12.1 Å². The van der Waals surface area contributed by atoms with Gasteiger partial charge in [-0.25, -0.2) is 0 Å². The second kappa shape index (κ2) is 3.59. The molecule has 1 amide bonds. The molecule has 0 aromatic heterocycles. The van der Waals surface area contributed by atoms with Crippen molar-refractivity contribution in [1.82, 2.24) is 0 Å². The molecule has 3 heteroatoms. The van der Waals surface area contributed by atoms with Crippen LogP contribution in [0.2, 0.25) is 0 Å². The maximum Gasteiger partial charge on any atom is 0.227 e. The molecule has 0 saturated carbocycles.